The summed E-state index contributed by atoms with van der Waals surface area (Å²) in [6, 6.07) is 9.45. The molecule has 1 N–H and O–H groups in total. The molecule has 0 radical (unpaired) electrons. The molecular weight excluding hydrogens is 370 g/mol. The Bertz CT molecular complexity index is 1170. The van der Waals surface area contributed by atoms with Gasteiger partial charge in [-0.15, -0.1) is 0 Å². The monoisotopic (exact) mass is 394 g/mol. The molecule has 0 saturated carbocycles. The van der Waals surface area contributed by atoms with Gasteiger partial charge >= 0.3 is 0 Å². The lowest BCUT2D eigenvalue weighted by molar-refractivity contribution is -0.00602. The zero-order valence-corrected chi connectivity index (χ0v) is 16.9. The molecular formula is C24H24F2N2O. The molecule has 0 aliphatic heterocycles. The first-order valence-corrected chi connectivity index (χ1v) is 9.83. The van der Waals surface area contributed by atoms with Gasteiger partial charge in [-0.2, -0.15) is 0 Å². The first-order chi connectivity index (χ1) is 13.6. The summed E-state index contributed by atoms with van der Waals surface area (Å²) in [5.41, 5.74) is 5.00. The fourth-order valence-electron chi connectivity index (χ4n) is 3.79. The normalized spacial score (nSPS) is 16.7. The smallest absolute Gasteiger partial charge is 0.251 e. The quantitative estimate of drug-likeness (QED) is 0.572. The standard InChI is InChI=1S/C24H24F2N2O/c1-23(2,3)16-4-5-17(18(12-16)15-6-9-24(25,26)10-7-15)21-13-22(29)19-14-27-11-8-20(19)28-21/h4-6,8,11-14H,7,9-10H2,1-3H3,(H,28,29). The van der Waals surface area contributed by atoms with Crippen LogP contribution in [-0.4, -0.2) is 15.9 Å². The summed E-state index contributed by atoms with van der Waals surface area (Å²) in [5, 5.41) is 0.528. The van der Waals surface area contributed by atoms with Gasteiger partial charge in [-0.25, -0.2) is 8.78 Å². The van der Waals surface area contributed by atoms with Crippen LogP contribution in [0.5, 0.6) is 0 Å². The second kappa shape index (κ2) is 6.90. The molecule has 29 heavy (non-hydrogen) atoms. The summed E-state index contributed by atoms with van der Waals surface area (Å²) in [5.74, 6) is -2.64. The van der Waals surface area contributed by atoms with E-state index in [1.165, 1.54) is 0 Å². The van der Waals surface area contributed by atoms with E-state index in [-0.39, 0.29) is 23.7 Å². The predicted octanol–water partition coefficient (Wildman–Crippen LogP) is 6.09. The Labute approximate surface area is 168 Å². The summed E-state index contributed by atoms with van der Waals surface area (Å²) in [4.78, 5) is 19.9. The number of aromatic amines is 1. The van der Waals surface area contributed by atoms with E-state index in [1.54, 1.807) is 30.6 Å². The lowest BCUT2D eigenvalue weighted by Gasteiger charge is -2.26. The molecule has 0 atom stereocenters. The SMILES string of the molecule is CC(C)(C)c1ccc(-c2cc(=O)c3cnccc3[nH]2)c(C2=CCC(F)(F)CC2)c1. The molecule has 0 saturated heterocycles. The Hall–Kier alpha value is -2.82. The van der Waals surface area contributed by atoms with Crippen molar-refractivity contribution in [1.82, 2.24) is 9.97 Å². The summed E-state index contributed by atoms with van der Waals surface area (Å²) in [6.45, 7) is 6.38. The molecule has 150 valence electrons. The maximum atomic E-state index is 13.7. The molecule has 5 heteroatoms. The van der Waals surface area contributed by atoms with Crippen molar-refractivity contribution >= 4 is 16.5 Å². The van der Waals surface area contributed by atoms with Gasteiger partial charge in [-0.1, -0.05) is 45.0 Å². The molecule has 1 aliphatic carbocycles. The molecule has 0 bridgehead atoms. The highest BCUT2D eigenvalue weighted by atomic mass is 19.3. The highest BCUT2D eigenvalue weighted by Crippen LogP contribution is 2.40. The number of nitrogens with one attached hydrogen (secondary N) is 1. The van der Waals surface area contributed by atoms with Crippen LogP contribution in [0.25, 0.3) is 27.7 Å². The number of alkyl halides is 2. The first-order valence-electron chi connectivity index (χ1n) is 9.83. The van der Waals surface area contributed by atoms with E-state index in [9.17, 15) is 13.6 Å². The summed E-state index contributed by atoms with van der Waals surface area (Å²) in [7, 11) is 0. The Morgan fingerprint density at radius 2 is 1.90 bits per heavy atom. The summed E-state index contributed by atoms with van der Waals surface area (Å²) >= 11 is 0. The minimum absolute atomic E-state index is 0.0745. The number of H-pyrrole nitrogens is 1. The number of pyridine rings is 2. The third kappa shape index (κ3) is 3.86. The fraction of sp³-hybridized carbons (Fsp3) is 0.333. The number of hydrogen-bond donors (Lipinski definition) is 1. The number of rotatable bonds is 2. The topological polar surface area (TPSA) is 45.8 Å². The van der Waals surface area contributed by atoms with Crippen molar-refractivity contribution in [3.8, 4) is 11.3 Å². The molecule has 4 rings (SSSR count). The van der Waals surface area contributed by atoms with Gasteiger partial charge in [0.1, 0.15) is 0 Å². The fourth-order valence-corrected chi connectivity index (χ4v) is 3.79. The van der Waals surface area contributed by atoms with Gasteiger partial charge in [-0.05, 0) is 34.6 Å². The van der Waals surface area contributed by atoms with E-state index >= 15 is 0 Å². The summed E-state index contributed by atoms with van der Waals surface area (Å²) < 4.78 is 27.4. The second-order valence-electron chi connectivity index (χ2n) is 8.77. The minimum Gasteiger partial charge on any atom is -0.354 e. The van der Waals surface area contributed by atoms with Crippen molar-refractivity contribution in [3.63, 3.8) is 0 Å². The van der Waals surface area contributed by atoms with E-state index in [4.69, 9.17) is 0 Å². The average molecular weight is 394 g/mol. The Balaban J connectivity index is 1.92. The number of nitrogens with zero attached hydrogens (tertiary/aromatic N) is 1. The van der Waals surface area contributed by atoms with Gasteiger partial charge < -0.3 is 4.98 Å². The molecule has 2 heterocycles. The van der Waals surface area contributed by atoms with Crippen molar-refractivity contribution in [3.05, 3.63) is 70.2 Å². The zero-order chi connectivity index (χ0) is 20.8. The molecule has 1 aromatic carbocycles. The van der Waals surface area contributed by atoms with E-state index < -0.39 is 5.92 Å². The molecule has 3 aromatic rings. The largest absolute Gasteiger partial charge is 0.354 e. The number of benzene rings is 1. The van der Waals surface area contributed by atoms with Crippen LogP contribution in [0, 0.1) is 0 Å². The molecule has 0 spiro atoms. The third-order valence-corrected chi connectivity index (χ3v) is 5.56. The number of aromatic nitrogens is 2. The second-order valence-corrected chi connectivity index (χ2v) is 8.77. The van der Waals surface area contributed by atoms with E-state index in [2.05, 4.69) is 36.8 Å². The predicted molar refractivity (Wildman–Crippen MR) is 113 cm³/mol. The van der Waals surface area contributed by atoms with Crippen LogP contribution in [-0.2, 0) is 5.41 Å². The molecule has 3 nitrogen and oxygen atoms in total. The third-order valence-electron chi connectivity index (χ3n) is 5.56. The number of allylic oxidation sites excluding steroid dienone is 2. The highest BCUT2D eigenvalue weighted by Gasteiger charge is 2.32. The van der Waals surface area contributed by atoms with Crippen LogP contribution < -0.4 is 5.43 Å². The van der Waals surface area contributed by atoms with Gasteiger partial charge in [0, 0.05) is 36.9 Å². The van der Waals surface area contributed by atoms with E-state index in [1.807, 2.05) is 12.1 Å². The maximum Gasteiger partial charge on any atom is 0.251 e. The van der Waals surface area contributed by atoms with Gasteiger partial charge in [0.15, 0.2) is 5.43 Å². The molecule has 0 fully saturated rings. The lowest BCUT2D eigenvalue weighted by Crippen LogP contribution is -2.19. The first kappa shape index (κ1) is 19.5. The van der Waals surface area contributed by atoms with E-state index in [0.29, 0.717) is 23.0 Å². The highest BCUT2D eigenvalue weighted by molar-refractivity contribution is 5.85. The van der Waals surface area contributed by atoms with Crippen LogP contribution in [0.15, 0.2) is 53.6 Å². The van der Waals surface area contributed by atoms with Crippen molar-refractivity contribution in [2.45, 2.75) is 51.4 Å². The summed E-state index contributed by atoms with van der Waals surface area (Å²) in [6.07, 6.45) is 4.75. The van der Waals surface area contributed by atoms with Crippen LogP contribution >= 0.6 is 0 Å². The molecule has 2 aromatic heterocycles. The van der Waals surface area contributed by atoms with Gasteiger partial charge in [-0.3, -0.25) is 9.78 Å². The zero-order valence-electron chi connectivity index (χ0n) is 16.9. The van der Waals surface area contributed by atoms with Gasteiger partial charge in [0.25, 0.3) is 5.92 Å². The van der Waals surface area contributed by atoms with Crippen LogP contribution in [0.1, 0.15) is 51.2 Å². The van der Waals surface area contributed by atoms with Gasteiger partial charge in [0.05, 0.1) is 16.6 Å². The molecule has 0 unspecified atom stereocenters. The van der Waals surface area contributed by atoms with Crippen LogP contribution in [0.2, 0.25) is 0 Å². The number of hydrogen-bond acceptors (Lipinski definition) is 2. The van der Waals surface area contributed by atoms with E-state index in [0.717, 1.165) is 22.3 Å². The maximum absolute atomic E-state index is 13.7. The molecule has 0 amide bonds. The van der Waals surface area contributed by atoms with Crippen LogP contribution in [0.4, 0.5) is 8.78 Å². The average Bonchev–Trinajstić information content (AvgIpc) is 2.67. The molecule has 1 aliphatic rings. The van der Waals surface area contributed by atoms with Crippen molar-refractivity contribution in [2.24, 2.45) is 0 Å². The van der Waals surface area contributed by atoms with Gasteiger partial charge in [0.2, 0.25) is 0 Å². The van der Waals surface area contributed by atoms with Crippen molar-refractivity contribution in [1.29, 1.82) is 0 Å². The van der Waals surface area contributed by atoms with Crippen LogP contribution in [0.3, 0.4) is 0 Å². The van der Waals surface area contributed by atoms with Crippen molar-refractivity contribution < 1.29 is 8.78 Å². The Morgan fingerprint density at radius 3 is 2.59 bits per heavy atom. The lowest BCUT2D eigenvalue weighted by atomic mass is 9.81. The Morgan fingerprint density at radius 1 is 1.10 bits per heavy atom. The number of fused-ring (bicyclic) bond motifs is 1. The minimum atomic E-state index is -2.64. The Kier molecular flexibility index (Phi) is 4.64. The van der Waals surface area contributed by atoms with Crippen molar-refractivity contribution in [2.75, 3.05) is 0 Å². The number of halogens is 2.